The summed E-state index contributed by atoms with van der Waals surface area (Å²) in [7, 11) is 0. The Morgan fingerprint density at radius 2 is 1.88 bits per heavy atom. The Hall–Kier alpha value is -1.95. The van der Waals surface area contributed by atoms with Crippen molar-refractivity contribution in [2.45, 2.75) is 59.2 Å². The molecule has 1 unspecified atom stereocenters. The number of benzene rings is 1. The molecule has 0 spiro atoms. The van der Waals surface area contributed by atoms with E-state index < -0.39 is 11.7 Å². The fourth-order valence-electron chi connectivity index (χ4n) is 2.40. The molecular formula is C19H30N2O4. The zero-order valence-electron chi connectivity index (χ0n) is 16.1. The first-order valence-electron chi connectivity index (χ1n) is 8.69. The summed E-state index contributed by atoms with van der Waals surface area (Å²) in [6.45, 7) is 13.3. The second kappa shape index (κ2) is 7.52. The van der Waals surface area contributed by atoms with Gasteiger partial charge in [-0.15, -0.1) is 0 Å². The maximum Gasteiger partial charge on any atom is 0.407 e. The van der Waals surface area contributed by atoms with Gasteiger partial charge in [0.1, 0.15) is 5.60 Å². The van der Waals surface area contributed by atoms with Crippen LogP contribution in [-0.4, -0.2) is 30.6 Å². The van der Waals surface area contributed by atoms with E-state index in [2.05, 4.69) is 31.4 Å². The van der Waals surface area contributed by atoms with Crippen LogP contribution in [0, 0.1) is 5.92 Å². The van der Waals surface area contributed by atoms with Crippen LogP contribution in [0.3, 0.4) is 0 Å². The van der Waals surface area contributed by atoms with Gasteiger partial charge in [-0.2, -0.15) is 0 Å². The summed E-state index contributed by atoms with van der Waals surface area (Å²) in [5.41, 5.74) is 0.333. The van der Waals surface area contributed by atoms with E-state index in [4.69, 9.17) is 14.2 Å². The van der Waals surface area contributed by atoms with Crippen LogP contribution in [-0.2, 0) is 11.3 Å². The van der Waals surface area contributed by atoms with Crippen molar-refractivity contribution in [3.63, 3.8) is 0 Å². The monoisotopic (exact) mass is 350 g/mol. The molecule has 2 rings (SSSR count). The zero-order chi connectivity index (χ0) is 18.7. The maximum atomic E-state index is 11.9. The molecule has 0 radical (unpaired) electrons. The highest BCUT2D eigenvalue weighted by molar-refractivity contribution is 5.67. The van der Waals surface area contributed by atoms with Gasteiger partial charge in [-0.25, -0.2) is 4.79 Å². The minimum atomic E-state index is -0.502. The van der Waals surface area contributed by atoms with Crippen LogP contribution in [0.4, 0.5) is 4.79 Å². The summed E-state index contributed by atoms with van der Waals surface area (Å²) >= 11 is 0. The third kappa shape index (κ3) is 5.53. The van der Waals surface area contributed by atoms with E-state index in [1.54, 1.807) is 0 Å². The van der Waals surface area contributed by atoms with E-state index in [1.165, 1.54) is 0 Å². The third-order valence-corrected chi connectivity index (χ3v) is 4.41. The minimum absolute atomic E-state index is 0.271. The summed E-state index contributed by atoms with van der Waals surface area (Å²) in [4.78, 5) is 11.9. The first-order valence-corrected chi connectivity index (χ1v) is 8.69. The number of hydrogen-bond donors (Lipinski definition) is 2. The van der Waals surface area contributed by atoms with E-state index in [9.17, 15) is 4.79 Å². The Kier molecular flexibility index (Phi) is 5.83. The second-order valence-corrected chi connectivity index (χ2v) is 7.97. The molecular weight excluding hydrogens is 320 g/mol. The molecule has 1 heterocycles. The van der Waals surface area contributed by atoms with E-state index in [1.807, 2.05) is 39.0 Å². The lowest BCUT2D eigenvalue weighted by Crippen LogP contribution is -2.55. The van der Waals surface area contributed by atoms with Gasteiger partial charge in [0.05, 0.1) is 0 Å². The summed E-state index contributed by atoms with van der Waals surface area (Å²) < 4.78 is 16.1. The standard InChI is InChI=1S/C19H30N2O4/c1-13(2)19(6,11-20-17(22)25-18(3,4)5)21-10-14-7-8-15-16(9-14)24-12-23-15/h7-9,13,21H,10-12H2,1-6H3,(H,20,22). The lowest BCUT2D eigenvalue weighted by Gasteiger charge is -2.35. The van der Waals surface area contributed by atoms with Crippen LogP contribution in [0.1, 0.15) is 47.1 Å². The van der Waals surface area contributed by atoms with Crippen molar-refractivity contribution >= 4 is 6.09 Å². The molecule has 6 nitrogen and oxygen atoms in total. The molecule has 0 bridgehead atoms. The fraction of sp³-hybridized carbons (Fsp3) is 0.632. The predicted octanol–water partition coefficient (Wildman–Crippen LogP) is 3.44. The quantitative estimate of drug-likeness (QED) is 0.822. The number of ether oxygens (including phenoxy) is 3. The molecule has 0 saturated carbocycles. The lowest BCUT2D eigenvalue weighted by molar-refractivity contribution is 0.0503. The molecule has 25 heavy (non-hydrogen) atoms. The lowest BCUT2D eigenvalue weighted by atomic mass is 9.88. The number of rotatable bonds is 6. The number of fused-ring (bicyclic) bond motifs is 1. The molecule has 1 aliphatic rings. The van der Waals surface area contributed by atoms with Gasteiger partial charge in [-0.1, -0.05) is 19.9 Å². The van der Waals surface area contributed by atoms with Crippen LogP contribution < -0.4 is 20.1 Å². The Labute approximate surface area is 150 Å². The molecule has 140 valence electrons. The first-order chi connectivity index (χ1) is 11.6. The van der Waals surface area contributed by atoms with Crippen molar-refractivity contribution in [1.82, 2.24) is 10.6 Å². The van der Waals surface area contributed by atoms with Gasteiger partial charge >= 0.3 is 6.09 Å². The van der Waals surface area contributed by atoms with Gasteiger partial charge in [0.25, 0.3) is 0 Å². The molecule has 6 heteroatoms. The Morgan fingerprint density at radius 3 is 2.52 bits per heavy atom. The molecule has 0 aliphatic carbocycles. The molecule has 2 N–H and O–H groups in total. The number of carbonyl (C=O) groups is 1. The van der Waals surface area contributed by atoms with Crippen LogP contribution in [0.5, 0.6) is 11.5 Å². The molecule has 0 aromatic heterocycles. The number of alkyl carbamates (subject to hydrolysis) is 1. The molecule has 0 saturated heterocycles. The van der Waals surface area contributed by atoms with Crippen LogP contribution in [0.25, 0.3) is 0 Å². The smallest absolute Gasteiger partial charge is 0.407 e. The summed E-state index contributed by atoms with van der Waals surface area (Å²) in [6.07, 6.45) is -0.399. The number of amides is 1. The fourth-order valence-corrected chi connectivity index (χ4v) is 2.40. The van der Waals surface area contributed by atoms with Crippen molar-refractivity contribution in [1.29, 1.82) is 0 Å². The van der Waals surface area contributed by atoms with Crippen LogP contribution in [0.2, 0.25) is 0 Å². The highest BCUT2D eigenvalue weighted by atomic mass is 16.7. The minimum Gasteiger partial charge on any atom is -0.454 e. The molecule has 1 aromatic carbocycles. The van der Waals surface area contributed by atoms with E-state index in [0.717, 1.165) is 17.1 Å². The average molecular weight is 350 g/mol. The van der Waals surface area contributed by atoms with Crippen LogP contribution in [0.15, 0.2) is 18.2 Å². The topological polar surface area (TPSA) is 68.8 Å². The van der Waals surface area contributed by atoms with Gasteiger partial charge in [-0.3, -0.25) is 0 Å². The molecule has 1 aromatic rings. The number of nitrogens with one attached hydrogen (secondary N) is 2. The predicted molar refractivity (Wildman–Crippen MR) is 96.9 cm³/mol. The van der Waals surface area contributed by atoms with Gasteiger partial charge in [0, 0.05) is 18.6 Å². The number of hydrogen-bond acceptors (Lipinski definition) is 5. The van der Waals surface area contributed by atoms with Gasteiger partial charge in [-0.05, 0) is 51.3 Å². The molecule has 1 atom stereocenters. The molecule has 1 aliphatic heterocycles. The Morgan fingerprint density at radius 1 is 1.20 bits per heavy atom. The highest BCUT2D eigenvalue weighted by Crippen LogP contribution is 2.32. The van der Waals surface area contributed by atoms with Crippen LogP contribution >= 0.6 is 0 Å². The summed E-state index contributed by atoms with van der Waals surface area (Å²) in [5, 5.41) is 6.43. The van der Waals surface area contributed by atoms with Crippen molar-refractivity contribution < 1.29 is 19.0 Å². The van der Waals surface area contributed by atoms with Crippen molar-refractivity contribution in [3.8, 4) is 11.5 Å². The van der Waals surface area contributed by atoms with Crippen molar-refractivity contribution in [2.75, 3.05) is 13.3 Å². The molecule has 0 fully saturated rings. The summed E-state index contributed by atoms with van der Waals surface area (Å²) in [5.74, 6) is 1.87. The molecule has 1 amide bonds. The van der Waals surface area contributed by atoms with Crippen molar-refractivity contribution in [2.24, 2.45) is 5.92 Å². The van der Waals surface area contributed by atoms with Gasteiger partial charge in [0.15, 0.2) is 11.5 Å². The first kappa shape index (κ1) is 19.4. The van der Waals surface area contributed by atoms with Crippen molar-refractivity contribution in [3.05, 3.63) is 23.8 Å². The summed E-state index contributed by atoms with van der Waals surface area (Å²) in [6, 6.07) is 5.92. The average Bonchev–Trinajstić information content (AvgIpc) is 2.96. The third-order valence-electron chi connectivity index (χ3n) is 4.41. The van der Waals surface area contributed by atoms with Gasteiger partial charge in [0.2, 0.25) is 6.79 Å². The van der Waals surface area contributed by atoms with E-state index in [0.29, 0.717) is 19.0 Å². The number of carbonyl (C=O) groups excluding carboxylic acids is 1. The normalized spacial score (nSPS) is 15.8. The van der Waals surface area contributed by atoms with Gasteiger partial charge < -0.3 is 24.8 Å². The van der Waals surface area contributed by atoms with E-state index in [-0.39, 0.29) is 12.3 Å². The SMILES string of the molecule is CC(C)C(C)(CNC(=O)OC(C)(C)C)NCc1ccc2c(c1)OCO2. The Balaban J connectivity index is 1.93. The maximum absolute atomic E-state index is 11.9. The second-order valence-electron chi connectivity index (χ2n) is 7.97. The highest BCUT2D eigenvalue weighted by Gasteiger charge is 2.29. The zero-order valence-corrected chi connectivity index (χ0v) is 16.1. The largest absolute Gasteiger partial charge is 0.454 e. The van der Waals surface area contributed by atoms with E-state index >= 15 is 0 Å². The Bertz CT molecular complexity index is 610.